The standard InChI is InChI=1S/C15H22FNO3S/c1-10-3-6-14(7-11(10)2)17-21(19,20)15-8-13(16)5-4-12(15)9-18/h4-5,8,10-11,14,17-18H,3,6-7,9H2,1-2H3. The molecular formula is C15H22FNO3S. The molecule has 21 heavy (non-hydrogen) atoms. The van der Waals surface area contributed by atoms with E-state index in [0.717, 1.165) is 31.4 Å². The number of aliphatic hydroxyl groups excluding tert-OH is 1. The summed E-state index contributed by atoms with van der Waals surface area (Å²) in [6.45, 7) is 3.85. The zero-order valence-corrected chi connectivity index (χ0v) is 13.2. The molecule has 1 aromatic carbocycles. The van der Waals surface area contributed by atoms with Crippen LogP contribution in [0.4, 0.5) is 4.39 Å². The van der Waals surface area contributed by atoms with E-state index in [1.165, 1.54) is 6.07 Å². The lowest BCUT2D eigenvalue weighted by atomic mass is 9.79. The first kappa shape index (κ1) is 16.4. The summed E-state index contributed by atoms with van der Waals surface area (Å²) < 4.78 is 40.9. The van der Waals surface area contributed by atoms with Crippen molar-refractivity contribution < 1.29 is 17.9 Å². The lowest BCUT2D eigenvalue weighted by Gasteiger charge is -2.32. The van der Waals surface area contributed by atoms with E-state index in [4.69, 9.17) is 0 Å². The molecule has 0 heterocycles. The number of rotatable bonds is 4. The van der Waals surface area contributed by atoms with Crippen molar-refractivity contribution in [2.75, 3.05) is 0 Å². The Morgan fingerprint density at radius 3 is 2.62 bits per heavy atom. The minimum Gasteiger partial charge on any atom is -0.392 e. The van der Waals surface area contributed by atoms with Gasteiger partial charge in [0.05, 0.1) is 11.5 Å². The van der Waals surface area contributed by atoms with Gasteiger partial charge in [-0.05, 0) is 48.8 Å². The van der Waals surface area contributed by atoms with E-state index in [1.54, 1.807) is 0 Å². The van der Waals surface area contributed by atoms with E-state index in [0.29, 0.717) is 11.8 Å². The molecule has 3 unspecified atom stereocenters. The molecule has 3 atom stereocenters. The van der Waals surface area contributed by atoms with Gasteiger partial charge in [0.1, 0.15) is 5.82 Å². The predicted octanol–water partition coefficient (Wildman–Crippen LogP) is 2.42. The van der Waals surface area contributed by atoms with E-state index in [2.05, 4.69) is 18.6 Å². The second kappa shape index (κ2) is 6.42. The molecule has 2 rings (SSSR count). The molecular weight excluding hydrogens is 293 g/mol. The molecule has 0 amide bonds. The van der Waals surface area contributed by atoms with Crippen LogP contribution in [0, 0.1) is 17.7 Å². The summed E-state index contributed by atoms with van der Waals surface area (Å²) in [6.07, 6.45) is 2.54. The smallest absolute Gasteiger partial charge is 0.241 e. The lowest BCUT2D eigenvalue weighted by molar-refractivity contribution is 0.241. The highest BCUT2D eigenvalue weighted by molar-refractivity contribution is 7.89. The molecule has 0 bridgehead atoms. The molecule has 1 aliphatic rings. The van der Waals surface area contributed by atoms with Gasteiger partial charge < -0.3 is 5.11 Å². The summed E-state index contributed by atoms with van der Waals surface area (Å²) in [5.74, 6) is 0.419. The number of hydrogen-bond donors (Lipinski definition) is 2. The van der Waals surface area contributed by atoms with Gasteiger partial charge >= 0.3 is 0 Å². The zero-order chi connectivity index (χ0) is 15.6. The summed E-state index contributed by atoms with van der Waals surface area (Å²) in [6, 6.07) is 3.28. The first-order valence-corrected chi connectivity index (χ1v) is 8.73. The Balaban J connectivity index is 2.21. The van der Waals surface area contributed by atoms with Crippen LogP contribution in [0.25, 0.3) is 0 Å². The topological polar surface area (TPSA) is 66.4 Å². The van der Waals surface area contributed by atoms with Gasteiger partial charge in [-0.3, -0.25) is 0 Å². The first-order valence-electron chi connectivity index (χ1n) is 7.25. The van der Waals surface area contributed by atoms with Gasteiger partial charge in [0.2, 0.25) is 10.0 Å². The molecule has 0 saturated heterocycles. The lowest BCUT2D eigenvalue weighted by Crippen LogP contribution is -2.40. The Hall–Kier alpha value is -0.980. The number of aliphatic hydroxyl groups is 1. The third kappa shape index (κ3) is 3.81. The van der Waals surface area contributed by atoms with Crippen molar-refractivity contribution >= 4 is 10.0 Å². The number of benzene rings is 1. The van der Waals surface area contributed by atoms with Gasteiger partial charge in [-0.25, -0.2) is 17.5 Å². The maximum atomic E-state index is 13.3. The molecule has 0 spiro atoms. The minimum absolute atomic E-state index is 0.129. The van der Waals surface area contributed by atoms with Crippen LogP contribution in [0.15, 0.2) is 23.1 Å². The molecule has 6 heteroatoms. The molecule has 0 radical (unpaired) electrons. The van der Waals surface area contributed by atoms with Crippen LogP contribution in [-0.4, -0.2) is 19.6 Å². The molecule has 118 valence electrons. The van der Waals surface area contributed by atoms with Crippen molar-refractivity contribution in [3.8, 4) is 0 Å². The highest BCUT2D eigenvalue weighted by Gasteiger charge is 2.29. The first-order chi connectivity index (χ1) is 9.83. The van der Waals surface area contributed by atoms with Crippen LogP contribution in [0.2, 0.25) is 0 Å². The molecule has 1 saturated carbocycles. The van der Waals surface area contributed by atoms with Crippen LogP contribution < -0.4 is 4.72 Å². The quantitative estimate of drug-likeness (QED) is 0.897. The second-order valence-electron chi connectivity index (χ2n) is 6.00. The van der Waals surface area contributed by atoms with Gasteiger partial charge in [-0.2, -0.15) is 0 Å². The normalized spacial score (nSPS) is 26.8. The van der Waals surface area contributed by atoms with Crippen molar-refractivity contribution in [3.05, 3.63) is 29.6 Å². The Morgan fingerprint density at radius 1 is 1.29 bits per heavy atom. The Kier molecular flexibility index (Phi) is 5.01. The molecule has 4 nitrogen and oxygen atoms in total. The van der Waals surface area contributed by atoms with E-state index in [9.17, 15) is 17.9 Å². The van der Waals surface area contributed by atoms with Crippen molar-refractivity contribution in [1.82, 2.24) is 4.72 Å². The average molecular weight is 315 g/mol. The number of halogens is 1. The van der Waals surface area contributed by atoms with Crippen molar-refractivity contribution in [1.29, 1.82) is 0 Å². The summed E-state index contributed by atoms with van der Waals surface area (Å²) in [7, 11) is -3.82. The summed E-state index contributed by atoms with van der Waals surface area (Å²) >= 11 is 0. The minimum atomic E-state index is -3.82. The molecule has 0 aromatic heterocycles. The maximum Gasteiger partial charge on any atom is 0.241 e. The Labute approximate surface area is 125 Å². The van der Waals surface area contributed by atoms with E-state index in [-0.39, 0.29) is 16.5 Å². The van der Waals surface area contributed by atoms with Crippen LogP contribution in [0.1, 0.15) is 38.7 Å². The van der Waals surface area contributed by atoms with Crippen LogP contribution in [0.5, 0.6) is 0 Å². The maximum absolute atomic E-state index is 13.3. The monoisotopic (exact) mass is 315 g/mol. The Morgan fingerprint density at radius 2 is 2.00 bits per heavy atom. The van der Waals surface area contributed by atoms with Crippen molar-refractivity contribution in [2.45, 2.75) is 50.7 Å². The highest BCUT2D eigenvalue weighted by atomic mass is 32.2. The van der Waals surface area contributed by atoms with Gasteiger partial charge in [0.25, 0.3) is 0 Å². The van der Waals surface area contributed by atoms with E-state index in [1.807, 2.05) is 0 Å². The van der Waals surface area contributed by atoms with Crippen LogP contribution >= 0.6 is 0 Å². The largest absolute Gasteiger partial charge is 0.392 e. The fraction of sp³-hybridized carbons (Fsp3) is 0.600. The molecule has 1 aromatic rings. The van der Waals surface area contributed by atoms with Crippen LogP contribution in [-0.2, 0) is 16.6 Å². The SMILES string of the molecule is CC1CCC(NS(=O)(=O)c2cc(F)ccc2CO)CC1C. The number of nitrogens with one attached hydrogen (secondary N) is 1. The number of hydrogen-bond acceptors (Lipinski definition) is 3. The fourth-order valence-electron chi connectivity index (χ4n) is 2.85. The van der Waals surface area contributed by atoms with E-state index < -0.39 is 22.4 Å². The third-order valence-electron chi connectivity index (χ3n) is 4.41. The highest BCUT2D eigenvalue weighted by Crippen LogP contribution is 2.30. The zero-order valence-electron chi connectivity index (χ0n) is 12.3. The van der Waals surface area contributed by atoms with Gasteiger partial charge in [0, 0.05) is 6.04 Å². The molecule has 0 aliphatic heterocycles. The number of sulfonamides is 1. The second-order valence-corrected chi connectivity index (χ2v) is 7.68. The molecule has 2 N–H and O–H groups in total. The third-order valence-corrected chi connectivity index (χ3v) is 6.01. The van der Waals surface area contributed by atoms with Gasteiger partial charge in [-0.1, -0.05) is 19.9 Å². The van der Waals surface area contributed by atoms with Gasteiger partial charge in [0.15, 0.2) is 0 Å². The van der Waals surface area contributed by atoms with Crippen molar-refractivity contribution in [3.63, 3.8) is 0 Å². The summed E-state index contributed by atoms with van der Waals surface area (Å²) in [5.41, 5.74) is 0.209. The predicted molar refractivity (Wildman–Crippen MR) is 78.6 cm³/mol. The molecule has 1 aliphatic carbocycles. The van der Waals surface area contributed by atoms with Gasteiger partial charge in [-0.15, -0.1) is 0 Å². The summed E-state index contributed by atoms with van der Waals surface area (Å²) in [4.78, 5) is -0.170. The Bertz CT molecular complexity index is 603. The van der Waals surface area contributed by atoms with E-state index >= 15 is 0 Å². The fourth-order valence-corrected chi connectivity index (χ4v) is 4.37. The average Bonchev–Trinajstić information content (AvgIpc) is 2.42. The van der Waals surface area contributed by atoms with Crippen LogP contribution in [0.3, 0.4) is 0 Å². The van der Waals surface area contributed by atoms with Crippen molar-refractivity contribution in [2.24, 2.45) is 11.8 Å². The molecule has 1 fully saturated rings. The summed E-state index contributed by atoms with van der Waals surface area (Å²) in [5, 5.41) is 9.24.